The van der Waals surface area contributed by atoms with Crippen LogP contribution < -0.4 is 0 Å². The predicted octanol–water partition coefficient (Wildman–Crippen LogP) is 3.55. The number of hydrogen-bond acceptors (Lipinski definition) is 6. The highest BCUT2D eigenvalue weighted by Gasteiger charge is 2.19. The lowest BCUT2D eigenvalue weighted by Gasteiger charge is -2.08. The number of carbonyl (C=O) groups is 2. The van der Waals surface area contributed by atoms with Gasteiger partial charge in [0.1, 0.15) is 11.3 Å². The number of furan rings is 1. The molecule has 0 amide bonds. The van der Waals surface area contributed by atoms with Gasteiger partial charge in [-0.1, -0.05) is 5.21 Å². The Morgan fingerprint density at radius 2 is 2.00 bits per heavy atom. The number of ether oxygens (including phenoxy) is 1. The Kier molecular flexibility index (Phi) is 5.22. The van der Waals surface area contributed by atoms with Crippen LogP contribution in [0.3, 0.4) is 0 Å². The molecule has 8 nitrogen and oxygen atoms in total. The molecule has 0 fully saturated rings. The third kappa shape index (κ3) is 3.63. The van der Waals surface area contributed by atoms with Crippen molar-refractivity contribution in [3.05, 3.63) is 70.9 Å². The maximum atomic E-state index is 12.7. The van der Waals surface area contributed by atoms with Gasteiger partial charge in [-0.15, -0.1) is 5.10 Å². The first-order valence-electron chi connectivity index (χ1n) is 9.70. The molecule has 0 N–H and O–H groups in total. The zero-order chi connectivity index (χ0) is 21.3. The second kappa shape index (κ2) is 7.98. The maximum absolute atomic E-state index is 12.7. The molecule has 0 aliphatic heterocycles. The molecule has 1 aromatic carbocycles. The van der Waals surface area contributed by atoms with E-state index in [9.17, 15) is 9.59 Å². The van der Waals surface area contributed by atoms with E-state index >= 15 is 0 Å². The van der Waals surface area contributed by atoms with Crippen LogP contribution in [-0.4, -0.2) is 37.9 Å². The van der Waals surface area contributed by atoms with Crippen LogP contribution in [0.2, 0.25) is 0 Å². The largest absolute Gasteiger partial charge is 0.467 e. The Labute approximate surface area is 173 Å². The van der Waals surface area contributed by atoms with Crippen molar-refractivity contribution in [2.24, 2.45) is 0 Å². The molecule has 8 heteroatoms. The number of aryl methyl sites for hydroxylation is 2. The van der Waals surface area contributed by atoms with Gasteiger partial charge in [0.05, 0.1) is 23.9 Å². The van der Waals surface area contributed by atoms with Crippen LogP contribution in [-0.2, 0) is 17.8 Å². The highest BCUT2D eigenvalue weighted by molar-refractivity contribution is 6.01. The molecule has 4 aromatic rings. The standard InChI is InChI=1S/C22H22N4O4/c1-4-26-20-8-7-16(11-19(20)23-24-26)22(28)30-13-21(27)18-10-14(2)25(15(18)3)12-17-6-5-9-29-17/h5-11H,4,12-13H2,1-3H3. The summed E-state index contributed by atoms with van der Waals surface area (Å²) in [6.45, 7) is 6.66. The number of hydrogen-bond donors (Lipinski definition) is 0. The zero-order valence-electron chi connectivity index (χ0n) is 17.1. The fraction of sp³-hybridized carbons (Fsp3) is 0.273. The van der Waals surface area contributed by atoms with Gasteiger partial charge in [-0.3, -0.25) is 4.79 Å². The van der Waals surface area contributed by atoms with Crippen molar-refractivity contribution in [1.29, 1.82) is 0 Å². The Hall–Kier alpha value is -3.68. The summed E-state index contributed by atoms with van der Waals surface area (Å²) in [5.41, 5.74) is 4.06. The minimum Gasteiger partial charge on any atom is -0.467 e. The molecule has 0 saturated heterocycles. The second-order valence-corrected chi connectivity index (χ2v) is 7.06. The van der Waals surface area contributed by atoms with Gasteiger partial charge in [0, 0.05) is 23.5 Å². The zero-order valence-corrected chi connectivity index (χ0v) is 17.1. The smallest absolute Gasteiger partial charge is 0.338 e. The van der Waals surface area contributed by atoms with E-state index in [0.29, 0.717) is 29.7 Å². The highest BCUT2D eigenvalue weighted by atomic mass is 16.5. The molecule has 3 heterocycles. The van der Waals surface area contributed by atoms with E-state index in [0.717, 1.165) is 22.7 Å². The number of benzene rings is 1. The fourth-order valence-corrected chi connectivity index (χ4v) is 3.51. The van der Waals surface area contributed by atoms with E-state index in [-0.39, 0.29) is 12.4 Å². The lowest BCUT2D eigenvalue weighted by Crippen LogP contribution is -2.15. The number of esters is 1. The average Bonchev–Trinajstić information content (AvgIpc) is 3.47. The minimum absolute atomic E-state index is 0.250. The van der Waals surface area contributed by atoms with E-state index in [1.165, 1.54) is 0 Å². The number of ketones is 1. The Bertz CT molecular complexity index is 1220. The summed E-state index contributed by atoms with van der Waals surface area (Å²) in [5.74, 6) is -0.0153. The van der Waals surface area contributed by atoms with Gasteiger partial charge in [0.2, 0.25) is 5.78 Å². The third-order valence-corrected chi connectivity index (χ3v) is 5.15. The summed E-state index contributed by atoms with van der Waals surface area (Å²) in [7, 11) is 0. The molecule has 0 aliphatic rings. The summed E-state index contributed by atoms with van der Waals surface area (Å²) in [4.78, 5) is 25.1. The van der Waals surface area contributed by atoms with Crippen LogP contribution in [0.4, 0.5) is 0 Å². The van der Waals surface area contributed by atoms with Crippen molar-refractivity contribution in [3.8, 4) is 0 Å². The van der Waals surface area contributed by atoms with Gasteiger partial charge in [-0.2, -0.15) is 0 Å². The summed E-state index contributed by atoms with van der Waals surface area (Å²) in [6.07, 6.45) is 1.62. The number of Topliss-reactive ketones (excluding diaryl/α,β-unsaturated/α-hetero) is 1. The second-order valence-electron chi connectivity index (χ2n) is 7.06. The van der Waals surface area contributed by atoms with Crippen molar-refractivity contribution in [3.63, 3.8) is 0 Å². The van der Waals surface area contributed by atoms with Crippen LogP contribution in [0.15, 0.2) is 47.1 Å². The van der Waals surface area contributed by atoms with Crippen LogP contribution >= 0.6 is 0 Å². The molecule has 0 saturated carbocycles. The molecule has 30 heavy (non-hydrogen) atoms. The van der Waals surface area contributed by atoms with Gasteiger partial charge < -0.3 is 13.7 Å². The van der Waals surface area contributed by atoms with Crippen LogP contribution in [0.1, 0.15) is 44.8 Å². The SMILES string of the molecule is CCn1nnc2cc(C(=O)OCC(=O)c3cc(C)n(Cc4ccco4)c3C)ccc21. The number of aromatic nitrogens is 4. The lowest BCUT2D eigenvalue weighted by molar-refractivity contribution is 0.0474. The van der Waals surface area contributed by atoms with Gasteiger partial charge in [0.15, 0.2) is 6.61 Å². The number of fused-ring (bicyclic) bond motifs is 1. The quantitative estimate of drug-likeness (QED) is 0.344. The molecule has 0 unspecified atom stereocenters. The van der Waals surface area contributed by atoms with Crippen molar-refractivity contribution in [1.82, 2.24) is 19.6 Å². The number of rotatable bonds is 7. The van der Waals surface area contributed by atoms with E-state index in [4.69, 9.17) is 9.15 Å². The molecule has 0 bridgehead atoms. The molecule has 0 aliphatic carbocycles. The number of nitrogens with zero attached hydrogens (tertiary/aromatic N) is 4. The Balaban J connectivity index is 1.45. The van der Waals surface area contributed by atoms with Gasteiger partial charge in [-0.25, -0.2) is 9.48 Å². The fourth-order valence-electron chi connectivity index (χ4n) is 3.51. The maximum Gasteiger partial charge on any atom is 0.338 e. The van der Waals surface area contributed by atoms with Crippen LogP contribution in [0.25, 0.3) is 11.0 Å². The molecular formula is C22H22N4O4. The Morgan fingerprint density at radius 3 is 2.73 bits per heavy atom. The van der Waals surface area contributed by atoms with E-state index in [1.807, 2.05) is 43.5 Å². The lowest BCUT2D eigenvalue weighted by atomic mass is 10.1. The molecular weight excluding hydrogens is 384 g/mol. The first-order valence-corrected chi connectivity index (χ1v) is 9.70. The molecule has 3 aromatic heterocycles. The van der Waals surface area contributed by atoms with E-state index in [1.54, 1.807) is 29.1 Å². The predicted molar refractivity (Wildman–Crippen MR) is 110 cm³/mol. The summed E-state index contributed by atoms with van der Waals surface area (Å²) in [6, 6.07) is 10.6. The molecule has 0 atom stereocenters. The minimum atomic E-state index is -0.569. The third-order valence-electron chi connectivity index (χ3n) is 5.15. The van der Waals surface area contributed by atoms with E-state index < -0.39 is 5.97 Å². The van der Waals surface area contributed by atoms with E-state index in [2.05, 4.69) is 10.3 Å². The van der Waals surface area contributed by atoms with Crippen molar-refractivity contribution in [2.75, 3.05) is 6.61 Å². The number of carbonyl (C=O) groups excluding carboxylic acids is 2. The Morgan fingerprint density at radius 1 is 1.17 bits per heavy atom. The monoisotopic (exact) mass is 406 g/mol. The molecule has 0 radical (unpaired) electrons. The highest BCUT2D eigenvalue weighted by Crippen LogP contribution is 2.19. The van der Waals surface area contributed by atoms with Crippen molar-refractivity contribution in [2.45, 2.75) is 33.9 Å². The molecule has 4 rings (SSSR count). The molecule has 154 valence electrons. The summed E-state index contributed by atoms with van der Waals surface area (Å²) < 4.78 is 14.4. The van der Waals surface area contributed by atoms with Gasteiger partial charge in [-0.05, 0) is 57.2 Å². The summed E-state index contributed by atoms with van der Waals surface area (Å²) >= 11 is 0. The average molecular weight is 406 g/mol. The van der Waals surface area contributed by atoms with Crippen molar-refractivity contribution >= 4 is 22.8 Å². The van der Waals surface area contributed by atoms with Crippen LogP contribution in [0, 0.1) is 13.8 Å². The molecule has 0 spiro atoms. The van der Waals surface area contributed by atoms with Gasteiger partial charge in [0.25, 0.3) is 0 Å². The van der Waals surface area contributed by atoms with Crippen LogP contribution in [0.5, 0.6) is 0 Å². The normalized spacial score (nSPS) is 11.2. The first kappa shape index (κ1) is 19.6. The summed E-state index contributed by atoms with van der Waals surface area (Å²) in [5, 5.41) is 8.08. The van der Waals surface area contributed by atoms with Gasteiger partial charge >= 0.3 is 5.97 Å². The van der Waals surface area contributed by atoms with Crippen molar-refractivity contribution < 1.29 is 18.7 Å². The first-order chi connectivity index (χ1) is 14.5. The topological polar surface area (TPSA) is 92.2 Å².